The van der Waals surface area contributed by atoms with Gasteiger partial charge in [-0.05, 0) is 31.5 Å². The van der Waals surface area contributed by atoms with E-state index >= 15 is 0 Å². The smallest absolute Gasteiger partial charge is 0.288 e. The van der Waals surface area contributed by atoms with Crippen molar-refractivity contribution >= 4 is 11.6 Å². The highest BCUT2D eigenvalue weighted by molar-refractivity contribution is 5.88. The van der Waals surface area contributed by atoms with Crippen LogP contribution < -0.4 is 5.73 Å². The van der Waals surface area contributed by atoms with Crippen molar-refractivity contribution in [3.8, 4) is 0 Å². The third-order valence-electron chi connectivity index (χ3n) is 4.38. The Morgan fingerprint density at radius 2 is 2.29 bits per heavy atom. The zero-order valence-electron chi connectivity index (χ0n) is 13.2. The number of primary amides is 1. The van der Waals surface area contributed by atoms with Gasteiger partial charge in [0, 0.05) is 25.5 Å². The van der Waals surface area contributed by atoms with Crippen molar-refractivity contribution in [3.05, 3.63) is 48.4 Å². The van der Waals surface area contributed by atoms with Gasteiger partial charge in [-0.15, -0.1) is 5.10 Å². The number of hydrogen-bond donors (Lipinski definition) is 1. The molecule has 0 saturated carbocycles. The van der Waals surface area contributed by atoms with Gasteiger partial charge in [0.15, 0.2) is 0 Å². The maximum absolute atomic E-state index is 11.2. The lowest BCUT2D eigenvalue weighted by atomic mass is 10.1. The van der Waals surface area contributed by atoms with E-state index < -0.39 is 5.91 Å². The van der Waals surface area contributed by atoms with Gasteiger partial charge < -0.3 is 10.1 Å². The van der Waals surface area contributed by atoms with Crippen molar-refractivity contribution in [2.75, 3.05) is 13.1 Å². The van der Waals surface area contributed by atoms with Gasteiger partial charge in [-0.2, -0.15) is 0 Å². The molecule has 1 aliphatic rings. The monoisotopic (exact) mass is 325 g/mol. The van der Waals surface area contributed by atoms with Gasteiger partial charge in [0.1, 0.15) is 12.0 Å². The first-order chi connectivity index (χ1) is 11.7. The summed E-state index contributed by atoms with van der Waals surface area (Å²) in [6, 6.07) is 6.19. The molecule has 1 unspecified atom stereocenters. The minimum absolute atomic E-state index is 0.0764. The van der Waals surface area contributed by atoms with Gasteiger partial charge in [-0.3, -0.25) is 9.69 Å². The minimum atomic E-state index is -0.592. The summed E-state index contributed by atoms with van der Waals surface area (Å²) in [5.74, 6) is -0.515. The lowest BCUT2D eigenvalue weighted by Gasteiger charge is -2.31. The Morgan fingerprint density at radius 1 is 1.38 bits per heavy atom. The molecule has 3 aromatic rings. The van der Waals surface area contributed by atoms with Gasteiger partial charge in [0.2, 0.25) is 5.82 Å². The van der Waals surface area contributed by atoms with E-state index in [1.54, 1.807) is 11.0 Å². The molecule has 0 radical (unpaired) electrons. The Hall–Kier alpha value is -2.74. The molecule has 24 heavy (non-hydrogen) atoms. The minimum Gasteiger partial charge on any atom is -0.363 e. The Balaban J connectivity index is 1.47. The molecule has 1 atom stereocenters. The number of nitrogens with two attached hydrogens (primary N) is 1. The summed E-state index contributed by atoms with van der Waals surface area (Å²) in [5, 5.41) is 4.19. The van der Waals surface area contributed by atoms with Gasteiger partial charge in [-0.25, -0.2) is 14.6 Å². The number of pyridine rings is 1. The van der Waals surface area contributed by atoms with E-state index in [4.69, 9.17) is 5.73 Å². The average molecular weight is 325 g/mol. The first kappa shape index (κ1) is 14.8. The van der Waals surface area contributed by atoms with Crippen LogP contribution in [-0.4, -0.2) is 48.0 Å². The molecule has 0 spiro atoms. The molecule has 3 aromatic heterocycles. The first-order valence-electron chi connectivity index (χ1n) is 8.05. The first-order valence-corrected chi connectivity index (χ1v) is 8.05. The summed E-state index contributed by atoms with van der Waals surface area (Å²) in [4.78, 5) is 22.1. The number of fused-ring (bicyclic) bond motifs is 1. The number of imidazole rings is 1. The number of carbonyl (C=O) groups is 1. The third kappa shape index (κ3) is 2.88. The normalized spacial score (nSPS) is 18.9. The predicted molar refractivity (Wildman–Crippen MR) is 87.3 cm³/mol. The fourth-order valence-corrected chi connectivity index (χ4v) is 3.25. The molecular formula is C16H19N7O. The van der Waals surface area contributed by atoms with E-state index in [2.05, 4.69) is 26.2 Å². The van der Waals surface area contributed by atoms with Crippen molar-refractivity contribution in [2.24, 2.45) is 5.73 Å². The van der Waals surface area contributed by atoms with Crippen molar-refractivity contribution in [1.29, 1.82) is 0 Å². The van der Waals surface area contributed by atoms with Gasteiger partial charge in [0.25, 0.3) is 5.91 Å². The number of aromatic nitrogens is 5. The summed E-state index contributed by atoms with van der Waals surface area (Å²) in [6.07, 6.45) is 7.76. The van der Waals surface area contributed by atoms with Gasteiger partial charge in [-0.1, -0.05) is 6.07 Å². The number of piperidine rings is 1. The Kier molecular flexibility index (Phi) is 3.73. The summed E-state index contributed by atoms with van der Waals surface area (Å²) in [7, 11) is 0. The molecule has 1 fully saturated rings. The Morgan fingerprint density at radius 3 is 3.08 bits per heavy atom. The van der Waals surface area contributed by atoms with Gasteiger partial charge in [0.05, 0.1) is 11.7 Å². The molecule has 0 bridgehead atoms. The lowest BCUT2D eigenvalue weighted by Crippen LogP contribution is -2.36. The second-order valence-electron chi connectivity index (χ2n) is 6.14. The Bertz CT molecular complexity index is 835. The lowest BCUT2D eigenvalue weighted by molar-refractivity contribution is 0.0989. The van der Waals surface area contributed by atoms with E-state index in [1.807, 2.05) is 28.8 Å². The van der Waals surface area contributed by atoms with Crippen molar-refractivity contribution in [3.63, 3.8) is 0 Å². The predicted octanol–water partition coefficient (Wildman–Crippen LogP) is 0.862. The molecular weight excluding hydrogens is 306 g/mol. The van der Waals surface area contributed by atoms with Crippen LogP contribution in [0.25, 0.3) is 5.65 Å². The largest absolute Gasteiger partial charge is 0.363 e. The number of rotatable bonds is 4. The van der Waals surface area contributed by atoms with Gasteiger partial charge >= 0.3 is 0 Å². The van der Waals surface area contributed by atoms with Crippen LogP contribution >= 0.6 is 0 Å². The van der Waals surface area contributed by atoms with Crippen molar-refractivity contribution in [1.82, 2.24) is 29.0 Å². The zero-order valence-corrected chi connectivity index (χ0v) is 13.2. The second-order valence-corrected chi connectivity index (χ2v) is 6.14. The van der Waals surface area contributed by atoms with Crippen LogP contribution in [0.2, 0.25) is 0 Å². The van der Waals surface area contributed by atoms with Crippen LogP contribution in [0.3, 0.4) is 0 Å². The third-order valence-corrected chi connectivity index (χ3v) is 4.38. The summed E-state index contributed by atoms with van der Waals surface area (Å²) < 4.78 is 3.79. The van der Waals surface area contributed by atoms with Crippen LogP contribution in [0.4, 0.5) is 0 Å². The Labute approximate surface area is 138 Å². The van der Waals surface area contributed by atoms with Crippen molar-refractivity contribution < 1.29 is 4.79 Å². The standard InChI is InChI=1S/C16H19N7O/c17-15(24)16-18-11-23(20-16)13-4-3-6-21(10-13)8-12-9-22-7-2-1-5-14(22)19-12/h1-2,5,7,9,11,13H,3-4,6,8,10H2,(H2,17,24). The zero-order chi connectivity index (χ0) is 16.5. The second kappa shape index (κ2) is 6.04. The van der Waals surface area contributed by atoms with E-state index in [1.165, 1.54) is 0 Å². The molecule has 0 aromatic carbocycles. The van der Waals surface area contributed by atoms with E-state index in [-0.39, 0.29) is 11.9 Å². The molecule has 4 heterocycles. The molecule has 8 nitrogen and oxygen atoms in total. The number of nitrogens with zero attached hydrogens (tertiary/aromatic N) is 6. The summed E-state index contributed by atoms with van der Waals surface area (Å²) in [5.41, 5.74) is 7.24. The van der Waals surface area contributed by atoms with Crippen LogP contribution in [0.15, 0.2) is 36.9 Å². The number of carbonyl (C=O) groups excluding carboxylic acids is 1. The number of hydrogen-bond acceptors (Lipinski definition) is 5. The average Bonchev–Trinajstić information content (AvgIpc) is 3.21. The summed E-state index contributed by atoms with van der Waals surface area (Å²) >= 11 is 0. The molecule has 1 aliphatic heterocycles. The SMILES string of the molecule is NC(=O)c1ncn(C2CCCN(Cc3cn4ccccc4n3)C2)n1. The highest BCUT2D eigenvalue weighted by Crippen LogP contribution is 2.22. The molecule has 2 N–H and O–H groups in total. The van der Waals surface area contributed by atoms with Crippen LogP contribution in [0.1, 0.15) is 35.2 Å². The van der Waals surface area contributed by atoms with Crippen LogP contribution in [0.5, 0.6) is 0 Å². The van der Waals surface area contributed by atoms with Crippen LogP contribution in [0, 0.1) is 0 Å². The van der Waals surface area contributed by atoms with E-state index in [0.717, 1.165) is 43.8 Å². The molecule has 4 rings (SSSR count). The molecule has 8 heteroatoms. The van der Waals surface area contributed by atoms with E-state index in [9.17, 15) is 4.79 Å². The van der Waals surface area contributed by atoms with Crippen LogP contribution in [-0.2, 0) is 6.54 Å². The molecule has 0 aliphatic carbocycles. The number of likely N-dealkylation sites (tertiary alicyclic amines) is 1. The maximum atomic E-state index is 11.2. The fraction of sp³-hybridized carbons (Fsp3) is 0.375. The maximum Gasteiger partial charge on any atom is 0.288 e. The van der Waals surface area contributed by atoms with Crippen molar-refractivity contribution in [2.45, 2.75) is 25.4 Å². The molecule has 124 valence electrons. The molecule has 1 saturated heterocycles. The number of amides is 1. The topological polar surface area (TPSA) is 94.3 Å². The fourth-order valence-electron chi connectivity index (χ4n) is 3.25. The summed E-state index contributed by atoms with van der Waals surface area (Å²) in [6.45, 7) is 2.69. The quantitative estimate of drug-likeness (QED) is 0.768. The molecule has 1 amide bonds. The van der Waals surface area contributed by atoms with E-state index in [0.29, 0.717) is 0 Å². The highest BCUT2D eigenvalue weighted by atomic mass is 16.1. The highest BCUT2D eigenvalue weighted by Gasteiger charge is 2.23.